The molecule has 0 saturated heterocycles. The van der Waals surface area contributed by atoms with Crippen LogP contribution in [0.3, 0.4) is 0 Å². The van der Waals surface area contributed by atoms with Gasteiger partial charge in [0.1, 0.15) is 11.5 Å². The van der Waals surface area contributed by atoms with E-state index < -0.39 is 6.10 Å². The van der Waals surface area contributed by atoms with Crippen molar-refractivity contribution < 1.29 is 14.6 Å². The van der Waals surface area contributed by atoms with Crippen molar-refractivity contribution in [3.63, 3.8) is 0 Å². The average molecular weight is 284 g/mol. The Morgan fingerprint density at radius 3 is 3.00 bits per heavy atom. The zero-order chi connectivity index (χ0) is 14.8. The maximum Gasteiger partial charge on any atom is 0.267 e. The summed E-state index contributed by atoms with van der Waals surface area (Å²) in [5.74, 6) is 0.397. The quantitative estimate of drug-likeness (QED) is 0.741. The number of carbonyl (C=O) groups is 1. The van der Waals surface area contributed by atoms with Crippen LogP contribution in [0.2, 0.25) is 0 Å². The Balaban J connectivity index is 1.74. The summed E-state index contributed by atoms with van der Waals surface area (Å²) in [6.45, 7) is 2.28. The van der Waals surface area contributed by atoms with Crippen molar-refractivity contribution in [2.75, 3.05) is 17.2 Å². The molecule has 0 aromatic heterocycles. The SMILES string of the molecule is Cc1ccc(O)c(NC(=O)C2CNc3ccccc3O2)c1. The molecule has 108 valence electrons. The van der Waals surface area contributed by atoms with Gasteiger partial charge in [-0.25, -0.2) is 0 Å². The lowest BCUT2D eigenvalue weighted by Crippen LogP contribution is -2.41. The number of fused-ring (bicyclic) bond motifs is 1. The van der Waals surface area contributed by atoms with Crippen LogP contribution >= 0.6 is 0 Å². The van der Waals surface area contributed by atoms with Gasteiger partial charge in [0.05, 0.1) is 17.9 Å². The summed E-state index contributed by atoms with van der Waals surface area (Å²) in [6, 6.07) is 12.5. The van der Waals surface area contributed by atoms with Crippen molar-refractivity contribution in [1.82, 2.24) is 0 Å². The fourth-order valence-electron chi connectivity index (χ4n) is 2.22. The monoisotopic (exact) mass is 284 g/mol. The van der Waals surface area contributed by atoms with Crippen LogP contribution in [-0.2, 0) is 4.79 Å². The van der Waals surface area contributed by atoms with Crippen molar-refractivity contribution in [3.8, 4) is 11.5 Å². The molecule has 1 atom stereocenters. The predicted molar refractivity (Wildman–Crippen MR) is 80.8 cm³/mol. The van der Waals surface area contributed by atoms with E-state index in [1.807, 2.05) is 31.2 Å². The first-order valence-electron chi connectivity index (χ1n) is 6.73. The largest absolute Gasteiger partial charge is 0.506 e. The Labute approximate surface area is 122 Å². The maximum absolute atomic E-state index is 12.3. The molecule has 0 fully saturated rings. The zero-order valence-corrected chi connectivity index (χ0v) is 11.6. The third-order valence-corrected chi connectivity index (χ3v) is 3.34. The van der Waals surface area contributed by atoms with E-state index in [4.69, 9.17) is 4.74 Å². The van der Waals surface area contributed by atoms with Gasteiger partial charge >= 0.3 is 0 Å². The first-order chi connectivity index (χ1) is 10.1. The number of aromatic hydroxyl groups is 1. The van der Waals surface area contributed by atoms with Gasteiger partial charge in [0, 0.05) is 0 Å². The molecule has 21 heavy (non-hydrogen) atoms. The third kappa shape index (κ3) is 2.76. The van der Waals surface area contributed by atoms with Gasteiger partial charge < -0.3 is 20.5 Å². The number of aryl methyl sites for hydroxylation is 1. The van der Waals surface area contributed by atoms with E-state index in [1.54, 1.807) is 18.2 Å². The summed E-state index contributed by atoms with van der Waals surface area (Å²) < 4.78 is 5.68. The van der Waals surface area contributed by atoms with Gasteiger partial charge in [-0.2, -0.15) is 0 Å². The fraction of sp³-hybridized carbons (Fsp3) is 0.188. The van der Waals surface area contributed by atoms with Crippen LogP contribution in [0, 0.1) is 6.92 Å². The summed E-state index contributed by atoms with van der Waals surface area (Å²) in [7, 11) is 0. The normalized spacial score (nSPS) is 16.3. The van der Waals surface area contributed by atoms with Crippen LogP contribution < -0.4 is 15.4 Å². The lowest BCUT2D eigenvalue weighted by molar-refractivity contribution is -0.122. The number of anilines is 2. The molecule has 5 heteroatoms. The number of rotatable bonds is 2. The lowest BCUT2D eigenvalue weighted by atomic mass is 10.2. The highest BCUT2D eigenvalue weighted by molar-refractivity contribution is 5.96. The fourth-order valence-corrected chi connectivity index (χ4v) is 2.22. The lowest BCUT2D eigenvalue weighted by Gasteiger charge is -2.26. The molecule has 0 bridgehead atoms. The minimum absolute atomic E-state index is 0.0399. The predicted octanol–water partition coefficient (Wildman–Crippen LogP) is 2.51. The highest BCUT2D eigenvalue weighted by Crippen LogP contribution is 2.29. The van der Waals surface area contributed by atoms with Crippen LogP contribution in [0.25, 0.3) is 0 Å². The molecule has 5 nitrogen and oxygen atoms in total. The number of amides is 1. The molecule has 2 aromatic carbocycles. The highest BCUT2D eigenvalue weighted by Gasteiger charge is 2.26. The number of hydrogen-bond acceptors (Lipinski definition) is 4. The minimum atomic E-state index is -0.639. The number of carbonyl (C=O) groups excluding carboxylic acids is 1. The third-order valence-electron chi connectivity index (χ3n) is 3.34. The molecule has 1 aliphatic heterocycles. The van der Waals surface area contributed by atoms with Gasteiger partial charge in [-0.1, -0.05) is 18.2 Å². The summed E-state index contributed by atoms with van der Waals surface area (Å²) in [5.41, 5.74) is 2.22. The number of nitrogens with one attached hydrogen (secondary N) is 2. The van der Waals surface area contributed by atoms with Crippen molar-refractivity contribution in [2.45, 2.75) is 13.0 Å². The number of benzene rings is 2. The molecular weight excluding hydrogens is 268 g/mol. The van der Waals surface area contributed by atoms with E-state index >= 15 is 0 Å². The zero-order valence-electron chi connectivity index (χ0n) is 11.6. The van der Waals surface area contributed by atoms with E-state index in [1.165, 1.54) is 0 Å². The Kier molecular flexibility index (Phi) is 3.39. The van der Waals surface area contributed by atoms with Gasteiger partial charge in [-0.3, -0.25) is 4.79 Å². The average Bonchev–Trinajstić information content (AvgIpc) is 2.50. The van der Waals surface area contributed by atoms with E-state index in [9.17, 15) is 9.90 Å². The Morgan fingerprint density at radius 2 is 2.14 bits per heavy atom. The van der Waals surface area contributed by atoms with Gasteiger partial charge in [-0.15, -0.1) is 0 Å². The number of hydrogen-bond donors (Lipinski definition) is 3. The summed E-state index contributed by atoms with van der Waals surface area (Å²) in [6.07, 6.45) is -0.639. The van der Waals surface area contributed by atoms with Crippen LogP contribution in [0.4, 0.5) is 11.4 Å². The van der Waals surface area contributed by atoms with Crippen molar-refractivity contribution in [1.29, 1.82) is 0 Å². The Morgan fingerprint density at radius 1 is 1.33 bits per heavy atom. The van der Waals surface area contributed by atoms with E-state index in [2.05, 4.69) is 10.6 Å². The molecule has 0 spiro atoms. The van der Waals surface area contributed by atoms with Gasteiger partial charge in [-0.05, 0) is 36.8 Å². The van der Waals surface area contributed by atoms with Crippen LogP contribution in [0.15, 0.2) is 42.5 Å². The topological polar surface area (TPSA) is 70.6 Å². The second-order valence-corrected chi connectivity index (χ2v) is 4.99. The van der Waals surface area contributed by atoms with Gasteiger partial charge in [0.15, 0.2) is 6.10 Å². The first kappa shape index (κ1) is 13.3. The van der Waals surface area contributed by atoms with Crippen LogP contribution in [-0.4, -0.2) is 23.7 Å². The Bertz CT molecular complexity index is 685. The molecule has 1 aliphatic rings. The van der Waals surface area contributed by atoms with Crippen molar-refractivity contribution >= 4 is 17.3 Å². The number of phenols is 1. The smallest absolute Gasteiger partial charge is 0.267 e. The highest BCUT2D eigenvalue weighted by atomic mass is 16.5. The van der Waals surface area contributed by atoms with E-state index in [0.717, 1.165) is 11.3 Å². The molecule has 3 rings (SSSR count). The standard InChI is InChI=1S/C16H16N2O3/c1-10-6-7-13(19)12(8-10)18-16(20)15-9-17-11-4-2-3-5-14(11)21-15/h2-8,15,17,19H,9H2,1H3,(H,18,20). The molecule has 2 aromatic rings. The molecule has 1 heterocycles. The molecule has 0 aliphatic carbocycles. The molecule has 1 amide bonds. The molecule has 1 unspecified atom stereocenters. The van der Waals surface area contributed by atoms with E-state index in [-0.39, 0.29) is 11.7 Å². The first-order valence-corrected chi connectivity index (χ1v) is 6.73. The van der Waals surface area contributed by atoms with Crippen molar-refractivity contribution in [3.05, 3.63) is 48.0 Å². The second kappa shape index (κ2) is 5.36. The van der Waals surface area contributed by atoms with Gasteiger partial charge in [0.25, 0.3) is 5.91 Å². The van der Waals surface area contributed by atoms with Crippen LogP contribution in [0.1, 0.15) is 5.56 Å². The molecule has 0 radical (unpaired) electrons. The summed E-state index contributed by atoms with van der Waals surface area (Å²) in [5, 5.41) is 15.6. The number of para-hydroxylation sites is 2. The minimum Gasteiger partial charge on any atom is -0.506 e. The number of ether oxygens (including phenoxy) is 1. The summed E-state index contributed by atoms with van der Waals surface area (Å²) >= 11 is 0. The second-order valence-electron chi connectivity index (χ2n) is 4.99. The molecule has 0 saturated carbocycles. The molecule has 3 N–H and O–H groups in total. The van der Waals surface area contributed by atoms with Gasteiger partial charge in [0.2, 0.25) is 0 Å². The number of phenolic OH excluding ortho intramolecular Hbond substituents is 1. The Hall–Kier alpha value is -2.69. The molecular formula is C16H16N2O3. The van der Waals surface area contributed by atoms with Crippen molar-refractivity contribution in [2.24, 2.45) is 0 Å². The maximum atomic E-state index is 12.3. The van der Waals surface area contributed by atoms with Crippen LogP contribution in [0.5, 0.6) is 11.5 Å². The van der Waals surface area contributed by atoms with E-state index in [0.29, 0.717) is 18.0 Å². The summed E-state index contributed by atoms with van der Waals surface area (Å²) in [4.78, 5) is 12.3.